The minimum absolute atomic E-state index is 0.0532. The van der Waals surface area contributed by atoms with Crippen LogP contribution < -0.4 is 10.6 Å². The van der Waals surface area contributed by atoms with Crippen LogP contribution in [0.25, 0.3) is 0 Å². The van der Waals surface area contributed by atoms with Crippen LogP contribution in [-0.4, -0.2) is 52.1 Å². The maximum Gasteiger partial charge on any atom is 0.408 e. The first-order valence-corrected chi connectivity index (χ1v) is 11.8. The smallest absolute Gasteiger partial charge is 0.408 e. The highest BCUT2D eigenvalue weighted by Crippen LogP contribution is 2.25. The van der Waals surface area contributed by atoms with Crippen LogP contribution in [0.2, 0.25) is 0 Å². The summed E-state index contributed by atoms with van der Waals surface area (Å²) in [6.07, 6.45) is 2.56. The number of hydrogen-bond acceptors (Lipinski definition) is 5. The predicted molar refractivity (Wildman–Crippen MR) is 129 cm³/mol. The van der Waals surface area contributed by atoms with Crippen molar-refractivity contribution < 1.29 is 24.2 Å². The van der Waals surface area contributed by atoms with E-state index in [1.165, 1.54) is 17.0 Å². The van der Waals surface area contributed by atoms with Gasteiger partial charge in [0.05, 0.1) is 0 Å². The number of alkyl carbamates (subject to hydrolysis) is 1. The van der Waals surface area contributed by atoms with Gasteiger partial charge in [-0.25, -0.2) is 4.79 Å². The molecule has 186 valence electrons. The minimum atomic E-state index is -0.896. The van der Waals surface area contributed by atoms with E-state index in [1.54, 1.807) is 39.8 Å². The molecule has 3 amide bonds. The van der Waals surface area contributed by atoms with E-state index in [2.05, 4.69) is 10.6 Å². The van der Waals surface area contributed by atoms with Crippen molar-refractivity contribution in [3.63, 3.8) is 0 Å². The summed E-state index contributed by atoms with van der Waals surface area (Å²) in [5.74, 6) is -0.607. The summed E-state index contributed by atoms with van der Waals surface area (Å²) >= 11 is 0. The summed E-state index contributed by atoms with van der Waals surface area (Å²) in [6.45, 7) is 13.1. The molecule has 0 bridgehead atoms. The summed E-state index contributed by atoms with van der Waals surface area (Å²) in [5.41, 5.74) is -0.110. The number of nitrogens with zero attached hydrogens (tertiary/aromatic N) is 1. The third kappa shape index (κ3) is 9.72. The maximum absolute atomic E-state index is 13.5. The van der Waals surface area contributed by atoms with Crippen LogP contribution in [0.5, 0.6) is 5.75 Å². The van der Waals surface area contributed by atoms with E-state index in [0.717, 1.165) is 19.3 Å². The standard InChI is InChI=1S/C25H41N3O5/c1-8-10-16-28(23(31)18(4)27-24(32)33-25(5,6)7)21(19-12-14-20(29)15-13-19)22(30)26-17(3)11-9-2/h12-15,17-18,21,29H,8-11,16H2,1-7H3,(H,26,30)(H,27,32). The normalized spacial score (nSPS) is 14.0. The second-order valence-corrected chi connectivity index (χ2v) is 9.45. The summed E-state index contributed by atoms with van der Waals surface area (Å²) < 4.78 is 5.28. The highest BCUT2D eigenvalue weighted by molar-refractivity contribution is 5.92. The Hall–Kier alpha value is -2.77. The van der Waals surface area contributed by atoms with E-state index in [0.29, 0.717) is 18.5 Å². The van der Waals surface area contributed by atoms with Crippen molar-refractivity contribution in [2.24, 2.45) is 0 Å². The second kappa shape index (κ2) is 13.1. The number of nitrogens with one attached hydrogen (secondary N) is 2. The number of phenolic OH excluding ortho intramolecular Hbond substituents is 1. The van der Waals surface area contributed by atoms with E-state index < -0.39 is 23.8 Å². The highest BCUT2D eigenvalue weighted by atomic mass is 16.6. The van der Waals surface area contributed by atoms with Crippen molar-refractivity contribution in [3.05, 3.63) is 29.8 Å². The molecule has 0 saturated heterocycles. The average Bonchev–Trinajstić information content (AvgIpc) is 2.70. The first-order chi connectivity index (χ1) is 15.4. The third-order valence-corrected chi connectivity index (χ3v) is 5.02. The van der Waals surface area contributed by atoms with Gasteiger partial charge in [-0.3, -0.25) is 9.59 Å². The first kappa shape index (κ1) is 28.3. The lowest BCUT2D eigenvalue weighted by Gasteiger charge is -2.34. The Morgan fingerprint density at radius 1 is 1.03 bits per heavy atom. The molecular weight excluding hydrogens is 422 g/mol. The van der Waals surface area contributed by atoms with Crippen LogP contribution in [-0.2, 0) is 14.3 Å². The van der Waals surface area contributed by atoms with Crippen molar-refractivity contribution in [2.45, 2.75) is 97.9 Å². The van der Waals surface area contributed by atoms with Gasteiger partial charge in [-0.2, -0.15) is 0 Å². The first-order valence-electron chi connectivity index (χ1n) is 11.8. The number of benzene rings is 1. The molecule has 3 N–H and O–H groups in total. The highest BCUT2D eigenvalue weighted by Gasteiger charge is 2.34. The van der Waals surface area contributed by atoms with E-state index in [1.807, 2.05) is 20.8 Å². The number of amides is 3. The molecule has 0 heterocycles. The molecule has 0 spiro atoms. The molecule has 1 aromatic carbocycles. The molecule has 0 aromatic heterocycles. The average molecular weight is 464 g/mol. The fourth-order valence-corrected chi connectivity index (χ4v) is 3.45. The van der Waals surface area contributed by atoms with Gasteiger partial charge >= 0.3 is 6.09 Å². The van der Waals surface area contributed by atoms with Gasteiger partial charge in [-0.15, -0.1) is 0 Å². The van der Waals surface area contributed by atoms with Crippen molar-refractivity contribution in [2.75, 3.05) is 6.54 Å². The van der Waals surface area contributed by atoms with Gasteiger partial charge in [0.15, 0.2) is 0 Å². The number of phenols is 1. The van der Waals surface area contributed by atoms with E-state index in [4.69, 9.17) is 4.74 Å². The lowest BCUT2D eigenvalue weighted by molar-refractivity contribution is -0.142. The van der Waals surface area contributed by atoms with Crippen LogP contribution in [0.4, 0.5) is 4.79 Å². The molecule has 0 saturated carbocycles. The van der Waals surface area contributed by atoms with E-state index in [-0.39, 0.29) is 23.6 Å². The lowest BCUT2D eigenvalue weighted by atomic mass is 10.0. The van der Waals surface area contributed by atoms with Crippen LogP contribution in [0, 0.1) is 0 Å². The number of aromatic hydroxyl groups is 1. The third-order valence-electron chi connectivity index (χ3n) is 5.02. The molecule has 3 unspecified atom stereocenters. The van der Waals surface area contributed by atoms with Crippen LogP contribution in [0.3, 0.4) is 0 Å². The number of hydrogen-bond donors (Lipinski definition) is 3. The molecule has 1 rings (SSSR count). The summed E-state index contributed by atoms with van der Waals surface area (Å²) in [7, 11) is 0. The van der Waals surface area contributed by atoms with Crippen molar-refractivity contribution in [1.29, 1.82) is 0 Å². The zero-order chi connectivity index (χ0) is 25.2. The van der Waals surface area contributed by atoms with Gasteiger partial charge in [0.2, 0.25) is 11.8 Å². The molecule has 0 aliphatic heterocycles. The van der Waals surface area contributed by atoms with E-state index >= 15 is 0 Å². The Balaban J connectivity index is 3.26. The molecule has 3 atom stereocenters. The Morgan fingerprint density at radius 2 is 1.64 bits per heavy atom. The van der Waals surface area contributed by atoms with Gasteiger partial charge in [-0.1, -0.05) is 38.8 Å². The lowest BCUT2D eigenvalue weighted by Crippen LogP contribution is -2.52. The largest absolute Gasteiger partial charge is 0.508 e. The number of carbonyl (C=O) groups is 3. The Kier molecular flexibility index (Phi) is 11.2. The fraction of sp³-hybridized carbons (Fsp3) is 0.640. The van der Waals surface area contributed by atoms with Gasteiger partial charge in [-0.05, 0) is 65.2 Å². The Bertz CT molecular complexity index is 773. The van der Waals surface area contributed by atoms with Crippen molar-refractivity contribution in [1.82, 2.24) is 15.5 Å². The molecule has 8 nitrogen and oxygen atoms in total. The molecule has 33 heavy (non-hydrogen) atoms. The van der Waals surface area contributed by atoms with E-state index in [9.17, 15) is 19.5 Å². The second-order valence-electron chi connectivity index (χ2n) is 9.45. The molecule has 8 heteroatoms. The Labute approximate surface area is 198 Å². The summed E-state index contributed by atoms with van der Waals surface area (Å²) in [6, 6.07) is 4.43. The number of ether oxygens (including phenoxy) is 1. The quantitative estimate of drug-likeness (QED) is 0.454. The fourth-order valence-electron chi connectivity index (χ4n) is 3.45. The SMILES string of the molecule is CCCCN(C(=O)C(C)NC(=O)OC(C)(C)C)C(C(=O)NC(C)CCC)c1ccc(O)cc1. The zero-order valence-electron chi connectivity index (χ0n) is 21.1. The van der Waals surface area contributed by atoms with Gasteiger partial charge in [0, 0.05) is 12.6 Å². The molecular formula is C25H41N3O5. The maximum atomic E-state index is 13.5. The van der Waals surface area contributed by atoms with Crippen molar-refractivity contribution >= 4 is 17.9 Å². The van der Waals surface area contributed by atoms with Crippen molar-refractivity contribution in [3.8, 4) is 5.75 Å². The Morgan fingerprint density at radius 3 is 2.15 bits per heavy atom. The monoisotopic (exact) mass is 463 g/mol. The minimum Gasteiger partial charge on any atom is -0.508 e. The van der Waals surface area contributed by atoms with Crippen LogP contribution in [0.1, 0.15) is 85.8 Å². The number of rotatable bonds is 11. The summed E-state index contributed by atoms with van der Waals surface area (Å²) in [4.78, 5) is 40.6. The molecule has 0 aliphatic rings. The zero-order valence-corrected chi connectivity index (χ0v) is 21.1. The topological polar surface area (TPSA) is 108 Å². The van der Waals surface area contributed by atoms with Crippen LogP contribution >= 0.6 is 0 Å². The van der Waals surface area contributed by atoms with Gasteiger partial charge in [0.25, 0.3) is 0 Å². The van der Waals surface area contributed by atoms with Gasteiger partial charge in [0.1, 0.15) is 23.4 Å². The van der Waals surface area contributed by atoms with Gasteiger partial charge < -0.3 is 25.4 Å². The summed E-state index contributed by atoms with van der Waals surface area (Å²) in [5, 5.41) is 15.3. The molecule has 1 aromatic rings. The van der Waals surface area contributed by atoms with Crippen LogP contribution in [0.15, 0.2) is 24.3 Å². The molecule has 0 fully saturated rings. The predicted octanol–water partition coefficient (Wildman–Crippen LogP) is 4.28. The number of unbranched alkanes of at least 4 members (excludes halogenated alkanes) is 1. The molecule has 0 aliphatic carbocycles. The molecule has 0 radical (unpaired) electrons. The number of carbonyl (C=O) groups excluding carboxylic acids is 3.